The molecule has 7 heteroatoms. The summed E-state index contributed by atoms with van der Waals surface area (Å²) in [5.41, 5.74) is 0.984. The van der Waals surface area contributed by atoms with Gasteiger partial charge in [0.1, 0.15) is 12.1 Å². The second-order valence-electron chi connectivity index (χ2n) is 7.51. The first-order valence-electron chi connectivity index (χ1n) is 9.46. The van der Waals surface area contributed by atoms with E-state index in [0.29, 0.717) is 12.3 Å². The topological polar surface area (TPSA) is 71.5 Å². The van der Waals surface area contributed by atoms with Gasteiger partial charge in [0, 0.05) is 49.6 Å². The van der Waals surface area contributed by atoms with Gasteiger partial charge in [-0.05, 0) is 31.4 Å². The summed E-state index contributed by atoms with van der Waals surface area (Å²) in [5, 5.41) is 0. The maximum absolute atomic E-state index is 12.7. The smallest absolute Gasteiger partial charge is 0.228 e. The minimum absolute atomic E-state index is 0.149. The molecule has 1 amide bonds. The van der Waals surface area contributed by atoms with E-state index in [1.165, 1.54) is 0 Å². The Balaban J connectivity index is 1.42. The van der Waals surface area contributed by atoms with E-state index in [4.69, 9.17) is 4.74 Å². The highest BCUT2D eigenvalue weighted by molar-refractivity contribution is 5.78. The van der Waals surface area contributed by atoms with Crippen LogP contribution in [-0.4, -0.2) is 59.0 Å². The van der Waals surface area contributed by atoms with Gasteiger partial charge in [0.05, 0.1) is 13.5 Å². The van der Waals surface area contributed by atoms with E-state index in [1.54, 1.807) is 19.6 Å². The number of carbonyl (C=O) groups is 1. The Morgan fingerprint density at radius 1 is 1.19 bits per heavy atom. The lowest BCUT2D eigenvalue weighted by atomic mass is 9.79. The molecule has 27 heavy (non-hydrogen) atoms. The van der Waals surface area contributed by atoms with Gasteiger partial charge in [0.2, 0.25) is 11.8 Å². The van der Waals surface area contributed by atoms with Crippen LogP contribution in [0.2, 0.25) is 0 Å². The molecule has 2 aromatic heterocycles. The lowest BCUT2D eigenvalue weighted by Crippen LogP contribution is -2.46. The summed E-state index contributed by atoms with van der Waals surface area (Å²) in [4.78, 5) is 29.8. The summed E-state index contributed by atoms with van der Waals surface area (Å²) in [6.45, 7) is 3.54. The number of methoxy groups -OCH3 is 1. The Hall–Kier alpha value is -2.70. The van der Waals surface area contributed by atoms with Crippen LogP contribution in [0.5, 0.6) is 5.88 Å². The Labute approximate surface area is 159 Å². The fraction of sp³-hybridized carbons (Fsp3) is 0.500. The molecule has 7 nitrogen and oxygen atoms in total. The zero-order valence-corrected chi connectivity index (χ0v) is 15.7. The number of amides is 1. The highest BCUT2D eigenvalue weighted by Gasteiger charge is 2.43. The second kappa shape index (κ2) is 7.50. The first kappa shape index (κ1) is 17.7. The number of aromatic nitrogens is 3. The summed E-state index contributed by atoms with van der Waals surface area (Å²) in [7, 11) is 1.62. The van der Waals surface area contributed by atoms with Crippen molar-refractivity contribution in [1.29, 1.82) is 0 Å². The average molecular weight is 367 g/mol. The lowest BCUT2D eigenvalue weighted by molar-refractivity contribution is -0.129. The molecule has 2 aliphatic rings. The summed E-state index contributed by atoms with van der Waals surface area (Å²) >= 11 is 0. The number of hydrogen-bond acceptors (Lipinski definition) is 6. The van der Waals surface area contributed by atoms with Gasteiger partial charge in [-0.3, -0.25) is 9.78 Å². The zero-order valence-electron chi connectivity index (χ0n) is 15.7. The Morgan fingerprint density at radius 3 is 2.93 bits per heavy atom. The standard InChI is InChI=1S/C20H25N5O2/c1-27-18-12-17(22-15-23-18)24-9-4-6-20(13-24)7-10-25(14-20)19(26)11-16-5-2-3-8-21-16/h2-3,5,8,12,15H,4,6-7,9-11,13-14H2,1H3. The van der Waals surface area contributed by atoms with E-state index in [1.807, 2.05) is 29.2 Å². The molecule has 0 N–H and O–H groups in total. The first-order chi connectivity index (χ1) is 13.2. The molecule has 2 fully saturated rings. The van der Waals surface area contributed by atoms with Gasteiger partial charge in [-0.1, -0.05) is 6.07 Å². The van der Waals surface area contributed by atoms with Crippen molar-refractivity contribution in [1.82, 2.24) is 19.9 Å². The zero-order chi connectivity index (χ0) is 18.7. The number of carbonyl (C=O) groups excluding carboxylic acids is 1. The molecule has 0 radical (unpaired) electrons. The van der Waals surface area contributed by atoms with Crippen LogP contribution in [0.4, 0.5) is 5.82 Å². The predicted molar refractivity (Wildman–Crippen MR) is 102 cm³/mol. The highest BCUT2D eigenvalue weighted by Crippen LogP contribution is 2.40. The lowest BCUT2D eigenvalue weighted by Gasteiger charge is -2.41. The molecular weight excluding hydrogens is 342 g/mol. The quantitative estimate of drug-likeness (QED) is 0.822. The van der Waals surface area contributed by atoms with Gasteiger partial charge in [-0.15, -0.1) is 0 Å². The van der Waals surface area contributed by atoms with Crippen LogP contribution in [-0.2, 0) is 11.2 Å². The van der Waals surface area contributed by atoms with Crippen LogP contribution in [0.3, 0.4) is 0 Å². The number of pyridine rings is 1. The summed E-state index contributed by atoms with van der Waals surface area (Å²) in [5.74, 6) is 1.66. The SMILES string of the molecule is COc1cc(N2CCCC3(CCN(C(=O)Cc4ccccn4)C3)C2)ncn1. The van der Waals surface area contributed by atoms with Gasteiger partial charge >= 0.3 is 0 Å². The van der Waals surface area contributed by atoms with E-state index >= 15 is 0 Å². The normalized spacial score (nSPS) is 22.3. The summed E-state index contributed by atoms with van der Waals surface area (Å²) in [6.07, 6.45) is 6.97. The van der Waals surface area contributed by atoms with Gasteiger partial charge in [-0.2, -0.15) is 0 Å². The van der Waals surface area contributed by atoms with Crippen molar-refractivity contribution in [2.45, 2.75) is 25.7 Å². The monoisotopic (exact) mass is 367 g/mol. The highest BCUT2D eigenvalue weighted by atomic mass is 16.5. The molecule has 4 rings (SSSR count). The van der Waals surface area contributed by atoms with E-state index in [0.717, 1.165) is 57.0 Å². The molecule has 2 saturated heterocycles. The van der Waals surface area contributed by atoms with Crippen LogP contribution in [0.25, 0.3) is 0 Å². The molecule has 142 valence electrons. The minimum Gasteiger partial charge on any atom is -0.481 e. The Morgan fingerprint density at radius 2 is 2.11 bits per heavy atom. The first-order valence-corrected chi connectivity index (χ1v) is 9.46. The number of nitrogens with zero attached hydrogens (tertiary/aromatic N) is 5. The van der Waals surface area contributed by atoms with Gasteiger partial charge in [0.25, 0.3) is 0 Å². The number of likely N-dealkylation sites (tertiary alicyclic amines) is 1. The van der Waals surface area contributed by atoms with Crippen molar-refractivity contribution in [3.8, 4) is 5.88 Å². The molecule has 2 aliphatic heterocycles. The molecule has 0 aromatic carbocycles. The molecule has 1 atom stereocenters. The largest absolute Gasteiger partial charge is 0.481 e. The minimum atomic E-state index is 0.149. The van der Waals surface area contributed by atoms with Gasteiger partial charge < -0.3 is 14.5 Å². The van der Waals surface area contributed by atoms with Crippen LogP contribution < -0.4 is 9.64 Å². The van der Waals surface area contributed by atoms with Crippen LogP contribution in [0.15, 0.2) is 36.8 Å². The van der Waals surface area contributed by atoms with Crippen LogP contribution in [0, 0.1) is 5.41 Å². The predicted octanol–water partition coefficient (Wildman–Crippen LogP) is 1.94. The van der Waals surface area contributed by atoms with Crippen molar-refractivity contribution in [2.75, 3.05) is 38.2 Å². The third kappa shape index (κ3) is 3.86. The van der Waals surface area contributed by atoms with Gasteiger partial charge in [0.15, 0.2) is 0 Å². The summed E-state index contributed by atoms with van der Waals surface area (Å²) in [6, 6.07) is 7.60. The Kier molecular flexibility index (Phi) is 4.92. The second-order valence-corrected chi connectivity index (χ2v) is 7.51. The third-order valence-electron chi connectivity index (χ3n) is 5.67. The number of anilines is 1. The number of ether oxygens (including phenoxy) is 1. The fourth-order valence-corrected chi connectivity index (χ4v) is 4.27. The van der Waals surface area contributed by atoms with Crippen molar-refractivity contribution in [3.05, 3.63) is 42.5 Å². The number of hydrogen-bond donors (Lipinski definition) is 0. The maximum Gasteiger partial charge on any atom is 0.228 e. The van der Waals surface area contributed by atoms with E-state index in [-0.39, 0.29) is 11.3 Å². The van der Waals surface area contributed by atoms with E-state index in [9.17, 15) is 4.79 Å². The van der Waals surface area contributed by atoms with E-state index in [2.05, 4.69) is 19.9 Å². The molecule has 4 heterocycles. The molecule has 0 bridgehead atoms. The van der Waals surface area contributed by atoms with Crippen molar-refractivity contribution in [2.24, 2.45) is 5.41 Å². The molecular formula is C20H25N5O2. The Bertz CT molecular complexity index is 800. The molecule has 1 spiro atoms. The van der Waals surface area contributed by atoms with Gasteiger partial charge in [-0.25, -0.2) is 9.97 Å². The molecule has 0 saturated carbocycles. The maximum atomic E-state index is 12.7. The molecule has 0 aliphatic carbocycles. The van der Waals surface area contributed by atoms with Crippen LogP contribution in [0.1, 0.15) is 25.0 Å². The third-order valence-corrected chi connectivity index (χ3v) is 5.67. The van der Waals surface area contributed by atoms with Crippen molar-refractivity contribution < 1.29 is 9.53 Å². The van der Waals surface area contributed by atoms with E-state index < -0.39 is 0 Å². The number of rotatable bonds is 4. The van der Waals surface area contributed by atoms with Crippen LogP contribution >= 0.6 is 0 Å². The summed E-state index contributed by atoms with van der Waals surface area (Å²) < 4.78 is 5.23. The number of piperidine rings is 1. The average Bonchev–Trinajstić information content (AvgIpc) is 3.12. The fourth-order valence-electron chi connectivity index (χ4n) is 4.27. The molecule has 1 unspecified atom stereocenters. The molecule has 2 aromatic rings. The van der Waals surface area contributed by atoms with Crippen molar-refractivity contribution >= 4 is 11.7 Å². The van der Waals surface area contributed by atoms with Crippen molar-refractivity contribution in [3.63, 3.8) is 0 Å².